The average molecular weight is 421 g/mol. The highest BCUT2D eigenvalue weighted by Crippen LogP contribution is 2.25. The molecule has 1 aliphatic heterocycles. The molecule has 30 heavy (non-hydrogen) atoms. The smallest absolute Gasteiger partial charge is 0.314 e. The van der Waals surface area contributed by atoms with Crippen molar-refractivity contribution in [3.63, 3.8) is 0 Å². The Balaban J connectivity index is 1.58. The molecular weight excluding hydrogens is 402 g/mol. The molecule has 0 aliphatic carbocycles. The number of allylic oxidation sites excluding steroid dienone is 1. The molecule has 8 heteroatoms. The summed E-state index contributed by atoms with van der Waals surface area (Å²) in [7, 11) is -3.56. The minimum absolute atomic E-state index is 0.0167. The fraction of sp³-hybridized carbons (Fsp3) is 0.227. The first-order valence-corrected chi connectivity index (χ1v) is 10.8. The van der Waals surface area contributed by atoms with Crippen LogP contribution in [0.5, 0.6) is 5.75 Å². The third-order valence-corrected chi connectivity index (χ3v) is 6.73. The summed E-state index contributed by atoms with van der Waals surface area (Å²) in [5.74, 6) is -0.424. The quantitative estimate of drug-likeness (QED) is 0.417. The molecule has 0 atom stereocenters. The average Bonchev–Trinajstić information content (AvgIpc) is 2.79. The van der Waals surface area contributed by atoms with Gasteiger partial charge in [-0.2, -0.15) is 14.8 Å². The fourth-order valence-corrected chi connectivity index (χ4v) is 4.65. The lowest BCUT2D eigenvalue weighted by atomic mass is 9.98. The van der Waals surface area contributed by atoms with E-state index < -0.39 is 16.0 Å². The fourth-order valence-electron chi connectivity index (χ4n) is 3.16. The van der Waals surface area contributed by atoms with Crippen molar-refractivity contribution in [2.24, 2.45) is 5.92 Å². The van der Waals surface area contributed by atoms with Gasteiger partial charge < -0.3 is 4.74 Å². The van der Waals surface area contributed by atoms with Crippen LogP contribution >= 0.6 is 0 Å². The Hall–Kier alpha value is -3.46. The Labute approximate surface area is 175 Å². The van der Waals surface area contributed by atoms with Crippen molar-refractivity contribution in [3.8, 4) is 17.9 Å². The van der Waals surface area contributed by atoms with E-state index in [2.05, 4.69) is 0 Å². The third kappa shape index (κ3) is 4.93. The van der Waals surface area contributed by atoms with Crippen LogP contribution in [0.25, 0.3) is 6.08 Å². The van der Waals surface area contributed by atoms with Crippen molar-refractivity contribution in [1.29, 1.82) is 10.5 Å². The molecule has 0 saturated carbocycles. The Kier molecular flexibility index (Phi) is 6.63. The highest BCUT2D eigenvalue weighted by atomic mass is 32.2. The molecule has 0 bridgehead atoms. The zero-order valence-electron chi connectivity index (χ0n) is 16.1. The van der Waals surface area contributed by atoms with Crippen molar-refractivity contribution in [2.45, 2.75) is 17.7 Å². The summed E-state index contributed by atoms with van der Waals surface area (Å²) < 4.78 is 32.2. The van der Waals surface area contributed by atoms with Crippen LogP contribution in [0, 0.1) is 28.6 Å². The molecule has 0 spiro atoms. The van der Waals surface area contributed by atoms with E-state index in [-0.39, 0.29) is 29.5 Å². The van der Waals surface area contributed by atoms with E-state index in [1.54, 1.807) is 66.7 Å². The summed E-state index contributed by atoms with van der Waals surface area (Å²) in [5.41, 5.74) is 0.629. The minimum Gasteiger partial charge on any atom is -0.426 e. The zero-order chi connectivity index (χ0) is 21.6. The van der Waals surface area contributed by atoms with E-state index in [0.29, 0.717) is 24.2 Å². The minimum atomic E-state index is -3.56. The molecular formula is C22H19N3O4S. The van der Waals surface area contributed by atoms with Gasteiger partial charge in [-0.15, -0.1) is 0 Å². The van der Waals surface area contributed by atoms with Crippen LogP contribution in [-0.4, -0.2) is 31.8 Å². The molecule has 0 N–H and O–H groups in total. The number of piperidine rings is 1. The highest BCUT2D eigenvalue weighted by Gasteiger charge is 2.32. The number of nitriles is 2. The topological polar surface area (TPSA) is 111 Å². The molecule has 2 aromatic carbocycles. The zero-order valence-corrected chi connectivity index (χ0v) is 16.9. The van der Waals surface area contributed by atoms with Gasteiger partial charge in [0.25, 0.3) is 0 Å². The van der Waals surface area contributed by atoms with Crippen LogP contribution < -0.4 is 4.74 Å². The van der Waals surface area contributed by atoms with Gasteiger partial charge in [0.15, 0.2) is 0 Å². The number of benzene rings is 2. The third-order valence-electron chi connectivity index (χ3n) is 4.82. The molecule has 1 fully saturated rings. The van der Waals surface area contributed by atoms with Crippen LogP contribution in [0.1, 0.15) is 18.4 Å². The number of hydrogen-bond donors (Lipinski definition) is 0. The van der Waals surface area contributed by atoms with E-state index in [4.69, 9.17) is 15.3 Å². The van der Waals surface area contributed by atoms with E-state index in [1.807, 2.05) is 0 Å². The molecule has 1 saturated heterocycles. The second-order valence-electron chi connectivity index (χ2n) is 6.76. The summed E-state index contributed by atoms with van der Waals surface area (Å²) in [6.07, 6.45) is 2.22. The first kappa shape index (κ1) is 21.3. The van der Waals surface area contributed by atoms with Gasteiger partial charge in [0.2, 0.25) is 10.0 Å². The van der Waals surface area contributed by atoms with Gasteiger partial charge in [0.1, 0.15) is 23.5 Å². The van der Waals surface area contributed by atoms with Gasteiger partial charge >= 0.3 is 5.97 Å². The lowest BCUT2D eigenvalue weighted by Crippen LogP contribution is -2.41. The summed E-state index contributed by atoms with van der Waals surface area (Å²) >= 11 is 0. The predicted molar refractivity (Wildman–Crippen MR) is 109 cm³/mol. The van der Waals surface area contributed by atoms with Crippen LogP contribution in [0.2, 0.25) is 0 Å². The van der Waals surface area contributed by atoms with Crippen LogP contribution in [0.3, 0.4) is 0 Å². The second-order valence-corrected chi connectivity index (χ2v) is 8.70. The first-order valence-electron chi connectivity index (χ1n) is 9.33. The summed E-state index contributed by atoms with van der Waals surface area (Å²) in [6.45, 7) is 0.512. The first-order chi connectivity index (χ1) is 14.4. The lowest BCUT2D eigenvalue weighted by molar-refractivity contribution is -0.140. The maximum absolute atomic E-state index is 12.7. The van der Waals surface area contributed by atoms with Crippen LogP contribution in [-0.2, 0) is 14.8 Å². The number of sulfonamides is 1. The van der Waals surface area contributed by atoms with Gasteiger partial charge in [-0.3, -0.25) is 4.79 Å². The van der Waals surface area contributed by atoms with E-state index in [0.717, 1.165) is 0 Å². The summed E-state index contributed by atoms with van der Waals surface area (Å²) in [6, 6.07) is 18.3. The largest absolute Gasteiger partial charge is 0.426 e. The van der Waals surface area contributed by atoms with Crippen molar-refractivity contribution < 1.29 is 17.9 Å². The van der Waals surface area contributed by atoms with E-state index in [1.165, 1.54) is 10.4 Å². The van der Waals surface area contributed by atoms with Crippen LogP contribution in [0.15, 0.2) is 65.1 Å². The molecule has 1 heterocycles. The maximum Gasteiger partial charge on any atom is 0.314 e. The Morgan fingerprint density at radius 2 is 1.60 bits per heavy atom. The van der Waals surface area contributed by atoms with Crippen molar-refractivity contribution in [2.75, 3.05) is 13.1 Å². The Morgan fingerprint density at radius 3 is 2.17 bits per heavy atom. The number of ether oxygens (including phenoxy) is 1. The molecule has 3 rings (SSSR count). The molecule has 0 aromatic heterocycles. The number of hydrogen-bond acceptors (Lipinski definition) is 6. The normalized spacial score (nSPS) is 14.9. The van der Waals surface area contributed by atoms with E-state index in [9.17, 15) is 13.2 Å². The van der Waals surface area contributed by atoms with Crippen molar-refractivity contribution >= 4 is 22.1 Å². The number of rotatable bonds is 5. The number of nitrogens with zero attached hydrogens (tertiary/aromatic N) is 3. The number of carbonyl (C=O) groups excluding carboxylic acids is 1. The van der Waals surface area contributed by atoms with Crippen LogP contribution in [0.4, 0.5) is 0 Å². The number of carbonyl (C=O) groups is 1. The highest BCUT2D eigenvalue weighted by molar-refractivity contribution is 7.89. The lowest BCUT2D eigenvalue weighted by Gasteiger charge is -2.30. The Morgan fingerprint density at radius 1 is 1.00 bits per heavy atom. The van der Waals surface area contributed by atoms with Crippen molar-refractivity contribution in [1.82, 2.24) is 4.31 Å². The monoisotopic (exact) mass is 421 g/mol. The summed E-state index contributed by atoms with van der Waals surface area (Å²) in [5, 5.41) is 17.6. The molecule has 7 nitrogen and oxygen atoms in total. The van der Waals surface area contributed by atoms with Gasteiger partial charge in [0, 0.05) is 13.1 Å². The standard InChI is InChI=1S/C22H19N3O4S/c23-15-18(16-24)14-17-6-8-20(9-7-17)29-22(26)19-10-12-25(13-11-19)30(27,28)21-4-2-1-3-5-21/h1-9,14,19H,10-13H2. The number of esters is 1. The SMILES string of the molecule is N#CC(C#N)=Cc1ccc(OC(=O)C2CCN(S(=O)(=O)c3ccccc3)CC2)cc1. The Bertz CT molecular complexity index is 1100. The second kappa shape index (κ2) is 9.36. The van der Waals surface area contributed by atoms with Gasteiger partial charge in [-0.25, -0.2) is 8.42 Å². The molecule has 0 radical (unpaired) electrons. The molecule has 0 amide bonds. The summed E-state index contributed by atoms with van der Waals surface area (Å²) in [4.78, 5) is 12.7. The van der Waals surface area contributed by atoms with Gasteiger partial charge in [0.05, 0.1) is 10.8 Å². The van der Waals surface area contributed by atoms with Gasteiger partial charge in [-0.1, -0.05) is 30.3 Å². The molecule has 2 aromatic rings. The van der Waals surface area contributed by atoms with E-state index >= 15 is 0 Å². The maximum atomic E-state index is 12.7. The van der Waals surface area contributed by atoms with Gasteiger partial charge in [-0.05, 0) is 48.7 Å². The molecule has 0 unspecified atom stereocenters. The predicted octanol–water partition coefficient (Wildman–Crippen LogP) is 3.12. The molecule has 1 aliphatic rings. The van der Waals surface area contributed by atoms with Crippen molar-refractivity contribution in [3.05, 3.63) is 65.7 Å². The molecule has 152 valence electrons.